The lowest BCUT2D eigenvalue weighted by Crippen LogP contribution is -2.70. The summed E-state index contributed by atoms with van der Waals surface area (Å²) in [5.41, 5.74) is 8.41. The highest BCUT2D eigenvalue weighted by molar-refractivity contribution is 5.76. The summed E-state index contributed by atoms with van der Waals surface area (Å²) in [5, 5.41) is 8.59. The highest BCUT2D eigenvalue weighted by atomic mass is 16.5. The molecule has 1 heterocycles. The van der Waals surface area contributed by atoms with Crippen LogP contribution >= 0.6 is 0 Å². The van der Waals surface area contributed by atoms with Crippen molar-refractivity contribution in [2.24, 2.45) is 11.1 Å². The third-order valence-electron chi connectivity index (χ3n) is 4.65. The second-order valence-corrected chi connectivity index (χ2v) is 5.81. The summed E-state index contributed by atoms with van der Waals surface area (Å²) in [4.78, 5) is 0. The van der Waals surface area contributed by atoms with Crippen LogP contribution in [0, 0.1) is 5.41 Å². The molecular formula is C13H16N4O. The Morgan fingerprint density at radius 2 is 2.17 bits per heavy atom. The SMILES string of the molecule is COc1ccc2c(c1)nnn2C12CC(CN)(C1)C2. The van der Waals surface area contributed by atoms with E-state index in [1.165, 1.54) is 0 Å². The summed E-state index contributed by atoms with van der Waals surface area (Å²) in [6.07, 6.45) is 3.46. The van der Waals surface area contributed by atoms with Gasteiger partial charge in [0, 0.05) is 6.07 Å². The molecule has 18 heavy (non-hydrogen) atoms. The van der Waals surface area contributed by atoms with Gasteiger partial charge in [0.25, 0.3) is 0 Å². The molecule has 0 aliphatic heterocycles. The second-order valence-electron chi connectivity index (χ2n) is 5.81. The Morgan fingerprint density at radius 1 is 1.39 bits per heavy atom. The zero-order chi connectivity index (χ0) is 12.4. The number of rotatable bonds is 3. The Morgan fingerprint density at radius 3 is 2.83 bits per heavy atom. The molecule has 3 aliphatic rings. The van der Waals surface area contributed by atoms with Gasteiger partial charge in [-0.05, 0) is 43.4 Å². The summed E-state index contributed by atoms with van der Waals surface area (Å²) in [6.45, 7) is 0.801. The van der Waals surface area contributed by atoms with E-state index < -0.39 is 0 Å². The average Bonchev–Trinajstić information content (AvgIpc) is 2.70. The quantitative estimate of drug-likeness (QED) is 0.883. The smallest absolute Gasteiger partial charge is 0.121 e. The van der Waals surface area contributed by atoms with Gasteiger partial charge in [0.2, 0.25) is 0 Å². The van der Waals surface area contributed by atoms with Crippen molar-refractivity contribution in [3.63, 3.8) is 0 Å². The Kier molecular flexibility index (Phi) is 1.74. The van der Waals surface area contributed by atoms with E-state index in [0.29, 0.717) is 5.41 Å². The van der Waals surface area contributed by atoms with Crippen molar-refractivity contribution in [1.82, 2.24) is 15.0 Å². The fourth-order valence-corrected chi connectivity index (χ4v) is 3.76. The van der Waals surface area contributed by atoms with Crippen LogP contribution in [0.2, 0.25) is 0 Å². The van der Waals surface area contributed by atoms with Crippen molar-refractivity contribution >= 4 is 11.0 Å². The van der Waals surface area contributed by atoms with E-state index in [2.05, 4.69) is 15.0 Å². The molecule has 94 valence electrons. The largest absolute Gasteiger partial charge is 0.497 e. The molecule has 0 atom stereocenters. The van der Waals surface area contributed by atoms with Crippen LogP contribution < -0.4 is 10.5 Å². The van der Waals surface area contributed by atoms with E-state index in [-0.39, 0.29) is 5.54 Å². The lowest BCUT2D eigenvalue weighted by atomic mass is 9.39. The maximum atomic E-state index is 5.81. The first-order chi connectivity index (χ1) is 8.70. The first-order valence-electron chi connectivity index (χ1n) is 6.30. The van der Waals surface area contributed by atoms with E-state index in [0.717, 1.165) is 42.6 Å². The molecule has 2 N–H and O–H groups in total. The first kappa shape index (κ1) is 10.3. The Balaban J connectivity index is 1.75. The van der Waals surface area contributed by atoms with Crippen LogP contribution in [0.4, 0.5) is 0 Å². The molecule has 3 fully saturated rings. The molecule has 0 radical (unpaired) electrons. The van der Waals surface area contributed by atoms with Gasteiger partial charge in [-0.25, -0.2) is 4.68 Å². The molecule has 0 unspecified atom stereocenters. The zero-order valence-corrected chi connectivity index (χ0v) is 10.4. The molecule has 0 amide bonds. The van der Waals surface area contributed by atoms with Crippen LogP contribution in [0.5, 0.6) is 5.75 Å². The molecule has 5 rings (SSSR count). The van der Waals surface area contributed by atoms with Gasteiger partial charge in [0.1, 0.15) is 11.3 Å². The first-order valence-corrected chi connectivity index (χ1v) is 6.30. The van der Waals surface area contributed by atoms with Gasteiger partial charge in [-0.15, -0.1) is 5.10 Å². The van der Waals surface area contributed by atoms with Gasteiger partial charge in [-0.3, -0.25) is 0 Å². The van der Waals surface area contributed by atoms with Crippen LogP contribution in [-0.2, 0) is 5.54 Å². The molecule has 1 aromatic carbocycles. The summed E-state index contributed by atoms with van der Waals surface area (Å²) in [7, 11) is 1.66. The van der Waals surface area contributed by atoms with Crippen LogP contribution in [0.25, 0.3) is 11.0 Å². The average molecular weight is 244 g/mol. The lowest BCUT2D eigenvalue weighted by Gasteiger charge is -2.70. The van der Waals surface area contributed by atoms with Gasteiger partial charge in [-0.2, -0.15) is 0 Å². The predicted molar refractivity (Wildman–Crippen MR) is 67.4 cm³/mol. The minimum Gasteiger partial charge on any atom is -0.497 e. The third kappa shape index (κ3) is 1.06. The minimum absolute atomic E-state index is 0.197. The maximum absolute atomic E-state index is 5.81. The molecule has 3 saturated carbocycles. The Hall–Kier alpha value is -1.62. The number of hydrogen-bond donors (Lipinski definition) is 1. The topological polar surface area (TPSA) is 66.0 Å². The fraction of sp³-hybridized carbons (Fsp3) is 0.538. The van der Waals surface area contributed by atoms with Crippen molar-refractivity contribution in [3.8, 4) is 5.75 Å². The monoisotopic (exact) mass is 244 g/mol. The summed E-state index contributed by atoms with van der Waals surface area (Å²) < 4.78 is 7.30. The number of hydrogen-bond acceptors (Lipinski definition) is 4. The van der Waals surface area contributed by atoms with Gasteiger partial charge >= 0.3 is 0 Å². The normalized spacial score (nSPS) is 33.0. The van der Waals surface area contributed by atoms with Gasteiger partial charge in [0.15, 0.2) is 0 Å². The molecular weight excluding hydrogens is 228 g/mol. The number of fused-ring (bicyclic) bond motifs is 1. The van der Waals surface area contributed by atoms with Crippen LogP contribution in [-0.4, -0.2) is 28.6 Å². The summed E-state index contributed by atoms with van der Waals surface area (Å²) in [6, 6.07) is 5.94. The van der Waals surface area contributed by atoms with Gasteiger partial charge in [-0.1, -0.05) is 5.21 Å². The minimum atomic E-state index is 0.197. The lowest BCUT2D eigenvalue weighted by molar-refractivity contribution is -0.184. The second kappa shape index (κ2) is 3.03. The number of methoxy groups -OCH3 is 1. The summed E-state index contributed by atoms with van der Waals surface area (Å²) >= 11 is 0. The van der Waals surface area contributed by atoms with Crippen LogP contribution in [0.3, 0.4) is 0 Å². The number of nitrogens with two attached hydrogens (primary N) is 1. The highest BCUT2D eigenvalue weighted by Gasteiger charge is 2.69. The number of nitrogens with zero attached hydrogens (tertiary/aromatic N) is 3. The van der Waals surface area contributed by atoms with Crippen molar-refractivity contribution in [2.45, 2.75) is 24.8 Å². The standard InChI is InChI=1S/C13H16N4O/c1-18-9-2-3-11-10(4-9)15-16-17(11)13-5-12(6-13,7-13)8-14/h2-4H,5-8,14H2,1H3. The van der Waals surface area contributed by atoms with Crippen molar-refractivity contribution in [2.75, 3.05) is 13.7 Å². The molecule has 1 aromatic heterocycles. The van der Waals surface area contributed by atoms with Gasteiger partial charge in [0.05, 0.1) is 18.2 Å². The highest BCUT2D eigenvalue weighted by Crippen LogP contribution is 2.70. The number of benzene rings is 1. The molecule has 5 heteroatoms. The zero-order valence-electron chi connectivity index (χ0n) is 10.4. The molecule has 3 aliphatic carbocycles. The van der Waals surface area contributed by atoms with Crippen molar-refractivity contribution in [1.29, 1.82) is 0 Å². The Bertz CT molecular complexity index is 613. The predicted octanol–water partition coefficient (Wildman–Crippen LogP) is 1.28. The molecule has 5 nitrogen and oxygen atoms in total. The van der Waals surface area contributed by atoms with E-state index in [1.807, 2.05) is 18.2 Å². The number of ether oxygens (including phenoxy) is 1. The van der Waals surface area contributed by atoms with E-state index >= 15 is 0 Å². The molecule has 0 saturated heterocycles. The molecule has 0 spiro atoms. The van der Waals surface area contributed by atoms with E-state index in [9.17, 15) is 0 Å². The molecule has 2 bridgehead atoms. The van der Waals surface area contributed by atoms with E-state index in [4.69, 9.17) is 10.5 Å². The van der Waals surface area contributed by atoms with Crippen LogP contribution in [0.1, 0.15) is 19.3 Å². The van der Waals surface area contributed by atoms with Crippen LogP contribution in [0.15, 0.2) is 18.2 Å². The number of aromatic nitrogens is 3. The van der Waals surface area contributed by atoms with Crippen molar-refractivity contribution < 1.29 is 4.74 Å². The third-order valence-corrected chi connectivity index (χ3v) is 4.65. The molecule has 2 aromatic rings. The summed E-state index contributed by atoms with van der Waals surface area (Å²) in [5.74, 6) is 0.825. The Labute approximate surface area is 105 Å². The maximum Gasteiger partial charge on any atom is 0.121 e. The van der Waals surface area contributed by atoms with E-state index in [1.54, 1.807) is 7.11 Å². The van der Waals surface area contributed by atoms with Gasteiger partial charge < -0.3 is 10.5 Å². The fourth-order valence-electron chi connectivity index (χ4n) is 3.76. The van der Waals surface area contributed by atoms with Crippen molar-refractivity contribution in [3.05, 3.63) is 18.2 Å².